The summed E-state index contributed by atoms with van der Waals surface area (Å²) >= 11 is 0. The molecule has 0 spiro atoms. The van der Waals surface area contributed by atoms with Crippen molar-refractivity contribution in [1.82, 2.24) is 30.5 Å². The van der Waals surface area contributed by atoms with Crippen LogP contribution in [-0.4, -0.2) is 98.2 Å². The van der Waals surface area contributed by atoms with Crippen molar-refractivity contribution < 1.29 is 32.4 Å². The Hall–Kier alpha value is -3.78. The number of nitrogens with zero attached hydrogens (tertiary/aromatic N) is 2. The SMILES string of the molecule is C=CCNC(=O)C(=O)C(CCC)NC(=O)[C@@H]1[C@H]2CCC(C)(C)[C@H]2CN1C(=O)[C@@H](NC(=O)N[C@H](CN(C)S(C)(=O)=O)C(C)(C)C)c1ccccc1. The highest BCUT2D eigenvalue weighted by Gasteiger charge is 2.56. The van der Waals surface area contributed by atoms with Crippen LogP contribution >= 0.6 is 0 Å². The Morgan fingerprint density at radius 1 is 1.08 bits per heavy atom. The number of likely N-dealkylation sites (N-methyl/N-ethyl adjacent to an activating group) is 1. The molecule has 1 saturated heterocycles. The minimum atomic E-state index is -3.53. The molecule has 1 unspecified atom stereocenters. The number of hydrogen-bond donors (Lipinski definition) is 4. The smallest absolute Gasteiger partial charge is 0.315 e. The Kier molecular flexibility index (Phi) is 13.4. The molecule has 3 rings (SSSR count). The van der Waals surface area contributed by atoms with Gasteiger partial charge in [-0.3, -0.25) is 19.2 Å². The summed E-state index contributed by atoms with van der Waals surface area (Å²) in [7, 11) is -2.09. The van der Waals surface area contributed by atoms with Gasteiger partial charge in [-0.25, -0.2) is 17.5 Å². The number of carbonyl (C=O) groups is 5. The summed E-state index contributed by atoms with van der Waals surface area (Å²) in [5.74, 6) is -2.79. The van der Waals surface area contributed by atoms with Crippen molar-refractivity contribution in [3.63, 3.8) is 0 Å². The van der Waals surface area contributed by atoms with Crippen molar-refractivity contribution in [2.45, 2.75) is 91.4 Å². The Morgan fingerprint density at radius 2 is 1.72 bits per heavy atom. The molecule has 4 N–H and O–H groups in total. The molecule has 2 fully saturated rings. The van der Waals surface area contributed by atoms with Crippen LogP contribution in [0.15, 0.2) is 43.0 Å². The lowest BCUT2D eigenvalue weighted by molar-refractivity contribution is -0.143. The zero-order valence-corrected chi connectivity index (χ0v) is 31.6. The third-order valence-corrected chi connectivity index (χ3v) is 11.5. The van der Waals surface area contributed by atoms with Crippen LogP contribution in [0.4, 0.5) is 4.79 Å². The number of fused-ring (bicyclic) bond motifs is 1. The van der Waals surface area contributed by atoms with E-state index in [4.69, 9.17) is 0 Å². The highest BCUT2D eigenvalue weighted by Crippen LogP contribution is 2.53. The van der Waals surface area contributed by atoms with E-state index in [1.54, 1.807) is 30.3 Å². The number of urea groups is 1. The topological polar surface area (TPSA) is 174 Å². The molecular weight excluding hydrogens is 660 g/mol. The van der Waals surface area contributed by atoms with Gasteiger partial charge in [-0.1, -0.05) is 84.4 Å². The Labute approximate surface area is 297 Å². The summed E-state index contributed by atoms with van der Waals surface area (Å²) in [5, 5.41) is 11.0. The van der Waals surface area contributed by atoms with Gasteiger partial charge in [-0.15, -0.1) is 6.58 Å². The first kappa shape index (κ1) is 40.6. The lowest BCUT2D eigenvalue weighted by Gasteiger charge is -2.35. The lowest BCUT2D eigenvalue weighted by atomic mass is 9.79. The van der Waals surface area contributed by atoms with E-state index in [2.05, 4.69) is 41.7 Å². The molecule has 1 aliphatic carbocycles. The van der Waals surface area contributed by atoms with Crippen LogP contribution in [0.5, 0.6) is 0 Å². The fraction of sp³-hybridized carbons (Fsp3) is 0.639. The molecule has 50 heavy (non-hydrogen) atoms. The van der Waals surface area contributed by atoms with Crippen LogP contribution in [0.3, 0.4) is 0 Å². The minimum absolute atomic E-state index is 0.00970. The van der Waals surface area contributed by atoms with E-state index in [-0.39, 0.29) is 43.3 Å². The van der Waals surface area contributed by atoms with Gasteiger partial charge in [-0.05, 0) is 47.5 Å². The standard InChI is InChI=1S/C36H56N6O7S/c1-10-15-26(30(43)32(45)37-20-11-2)38-31(44)29-24-18-19-36(6,7)25(24)21-42(29)33(46)28(23-16-13-12-14-17-23)40-34(47)39-27(35(3,4)5)22-41(8)50(9,48)49/h11-14,16-17,24-29H,2,10,15,18-22H2,1,3-9H3,(H,37,45)(H,38,44)(H2,39,40,47)/t24-,25-,26?,27+,28-,29-/m0/s1. The highest BCUT2D eigenvalue weighted by atomic mass is 32.2. The van der Waals surface area contributed by atoms with E-state index in [1.165, 1.54) is 18.0 Å². The Balaban J connectivity index is 1.96. The maximum Gasteiger partial charge on any atom is 0.315 e. The van der Waals surface area contributed by atoms with Crippen LogP contribution in [0.1, 0.15) is 78.8 Å². The first-order valence-electron chi connectivity index (χ1n) is 17.3. The minimum Gasteiger partial charge on any atom is -0.346 e. The van der Waals surface area contributed by atoms with E-state index in [9.17, 15) is 32.4 Å². The molecular formula is C36H56N6O7S. The molecule has 1 saturated carbocycles. The first-order chi connectivity index (χ1) is 23.2. The molecule has 6 atom stereocenters. The average molecular weight is 717 g/mol. The largest absolute Gasteiger partial charge is 0.346 e. The van der Waals surface area contributed by atoms with Crippen molar-refractivity contribution >= 4 is 39.6 Å². The molecule has 14 heteroatoms. The average Bonchev–Trinajstić information content (AvgIpc) is 3.57. The van der Waals surface area contributed by atoms with Gasteiger partial charge in [0.25, 0.3) is 11.8 Å². The first-order valence-corrected chi connectivity index (χ1v) is 19.1. The fourth-order valence-corrected chi connectivity index (χ4v) is 7.39. The van der Waals surface area contributed by atoms with E-state index in [1.807, 2.05) is 27.7 Å². The molecule has 1 aromatic carbocycles. The van der Waals surface area contributed by atoms with Crippen LogP contribution in [0.2, 0.25) is 0 Å². The second kappa shape index (κ2) is 16.5. The fourth-order valence-electron chi connectivity index (χ4n) is 6.97. The number of sulfonamides is 1. The molecule has 0 radical (unpaired) electrons. The number of Topliss-reactive ketones (excluding diaryl/α,β-unsaturated/α-hetero) is 1. The lowest BCUT2D eigenvalue weighted by Crippen LogP contribution is -2.57. The predicted octanol–water partition coefficient (Wildman–Crippen LogP) is 2.75. The monoisotopic (exact) mass is 716 g/mol. The van der Waals surface area contributed by atoms with Crippen molar-refractivity contribution in [2.75, 3.05) is 32.9 Å². The van der Waals surface area contributed by atoms with Crippen LogP contribution in [-0.2, 0) is 29.2 Å². The molecule has 1 aromatic rings. The number of carbonyl (C=O) groups excluding carboxylic acids is 5. The summed E-state index contributed by atoms with van der Waals surface area (Å²) in [6.45, 7) is 15.7. The Morgan fingerprint density at radius 3 is 2.28 bits per heavy atom. The summed E-state index contributed by atoms with van der Waals surface area (Å²) < 4.78 is 25.5. The van der Waals surface area contributed by atoms with Gasteiger partial charge in [0.1, 0.15) is 12.1 Å². The van der Waals surface area contributed by atoms with Crippen molar-refractivity contribution in [2.24, 2.45) is 22.7 Å². The number of amides is 5. The second-order valence-electron chi connectivity index (χ2n) is 15.4. The number of ketones is 1. The van der Waals surface area contributed by atoms with Crippen molar-refractivity contribution in [1.29, 1.82) is 0 Å². The molecule has 5 amide bonds. The third-order valence-electron chi connectivity index (χ3n) is 10.2. The van der Waals surface area contributed by atoms with Crippen LogP contribution in [0, 0.1) is 22.7 Å². The summed E-state index contributed by atoms with van der Waals surface area (Å²) in [4.78, 5) is 69.7. The summed E-state index contributed by atoms with van der Waals surface area (Å²) in [6.07, 6.45) is 4.86. The third kappa shape index (κ3) is 9.93. The highest BCUT2D eigenvalue weighted by molar-refractivity contribution is 7.88. The maximum atomic E-state index is 14.7. The molecule has 13 nitrogen and oxygen atoms in total. The molecule has 1 heterocycles. The molecule has 2 aliphatic rings. The van der Waals surface area contributed by atoms with Gasteiger partial charge >= 0.3 is 6.03 Å². The zero-order valence-electron chi connectivity index (χ0n) is 30.7. The van der Waals surface area contributed by atoms with Gasteiger partial charge in [0.2, 0.25) is 21.7 Å². The van der Waals surface area contributed by atoms with Crippen LogP contribution < -0.4 is 21.3 Å². The van der Waals surface area contributed by atoms with Crippen LogP contribution in [0.25, 0.3) is 0 Å². The number of hydrogen-bond acceptors (Lipinski definition) is 7. The molecule has 278 valence electrons. The molecule has 1 aliphatic heterocycles. The van der Waals surface area contributed by atoms with Gasteiger partial charge in [0.05, 0.1) is 12.3 Å². The number of benzene rings is 1. The zero-order chi connectivity index (χ0) is 37.6. The van der Waals surface area contributed by atoms with E-state index in [0.29, 0.717) is 18.4 Å². The predicted molar refractivity (Wildman–Crippen MR) is 192 cm³/mol. The van der Waals surface area contributed by atoms with Gasteiger partial charge in [0.15, 0.2) is 0 Å². The van der Waals surface area contributed by atoms with E-state index >= 15 is 0 Å². The second-order valence-corrected chi connectivity index (χ2v) is 17.5. The van der Waals surface area contributed by atoms with Gasteiger partial charge < -0.3 is 26.2 Å². The molecule has 0 aromatic heterocycles. The normalized spacial score (nSPS) is 21.8. The summed E-state index contributed by atoms with van der Waals surface area (Å²) in [6, 6.07) is 4.25. The number of rotatable bonds is 15. The quantitative estimate of drug-likeness (QED) is 0.160. The number of nitrogens with one attached hydrogen (secondary N) is 4. The van der Waals surface area contributed by atoms with E-state index in [0.717, 1.165) is 17.0 Å². The van der Waals surface area contributed by atoms with Crippen molar-refractivity contribution in [3.05, 3.63) is 48.6 Å². The Bertz CT molecular complexity index is 1520. The van der Waals surface area contributed by atoms with Crippen molar-refractivity contribution in [3.8, 4) is 0 Å². The maximum absolute atomic E-state index is 14.7. The number of likely N-dealkylation sites (tertiary alicyclic amines) is 1. The van der Waals surface area contributed by atoms with Gasteiger partial charge in [-0.2, -0.15) is 0 Å². The van der Waals surface area contributed by atoms with E-state index < -0.39 is 69.1 Å². The van der Waals surface area contributed by atoms with Gasteiger partial charge in [0, 0.05) is 32.7 Å². The summed E-state index contributed by atoms with van der Waals surface area (Å²) in [5.41, 5.74) is -0.208. The molecule has 0 bridgehead atoms.